The minimum atomic E-state index is -1.75. The van der Waals surface area contributed by atoms with Crippen molar-refractivity contribution >= 4 is 12.1 Å². The lowest BCUT2D eigenvalue weighted by Gasteiger charge is -2.10. The molecule has 17 heavy (non-hydrogen) atoms. The molecule has 0 bridgehead atoms. The van der Waals surface area contributed by atoms with E-state index in [0.717, 1.165) is 6.21 Å². The zero-order valence-corrected chi connectivity index (χ0v) is 9.03. The van der Waals surface area contributed by atoms with Crippen molar-refractivity contribution in [2.24, 2.45) is 16.6 Å². The third-order valence-electron chi connectivity index (χ3n) is 2.48. The molecule has 0 aromatic heterocycles. The van der Waals surface area contributed by atoms with Crippen LogP contribution in [0.4, 0.5) is 4.39 Å². The first kappa shape index (κ1) is 14.0. The summed E-state index contributed by atoms with van der Waals surface area (Å²) in [6, 6.07) is 0. The normalized spacial score (nSPS) is 35.3. The minimum Gasteiger partial charge on any atom is -0.395 e. The van der Waals surface area contributed by atoms with Crippen LogP contribution in [0, 0.1) is 11.3 Å². The number of nitrogens with zero attached hydrogens (tertiary/aromatic N) is 1. The van der Waals surface area contributed by atoms with Gasteiger partial charge in [0.2, 0.25) is 0 Å². The fourth-order valence-electron chi connectivity index (χ4n) is 1.39. The summed E-state index contributed by atoms with van der Waals surface area (Å²) < 4.78 is 18.4. The number of aliphatic imine (C=N–C) groups is 1. The maximum absolute atomic E-state index is 13.4. The van der Waals surface area contributed by atoms with Gasteiger partial charge in [0.1, 0.15) is 18.0 Å². The van der Waals surface area contributed by atoms with Gasteiger partial charge in [0.05, 0.1) is 19.1 Å². The molecule has 0 aliphatic carbocycles. The van der Waals surface area contributed by atoms with E-state index in [0.29, 0.717) is 0 Å². The molecule has 0 radical (unpaired) electrons. The van der Waals surface area contributed by atoms with Crippen LogP contribution in [0.3, 0.4) is 0 Å². The van der Waals surface area contributed by atoms with E-state index in [2.05, 4.69) is 4.99 Å². The monoisotopic (exact) mass is 249 g/mol. The predicted octanol–water partition coefficient (Wildman–Crippen LogP) is -1.98. The molecule has 0 aromatic carbocycles. The van der Waals surface area contributed by atoms with Gasteiger partial charge in [0.15, 0.2) is 12.4 Å². The van der Waals surface area contributed by atoms with Gasteiger partial charge in [-0.05, 0) is 0 Å². The molecular formula is C9H16FN3O4. The molecule has 1 aliphatic rings. The van der Waals surface area contributed by atoms with Crippen LogP contribution in [0.25, 0.3) is 0 Å². The van der Waals surface area contributed by atoms with Gasteiger partial charge in [-0.3, -0.25) is 10.4 Å². The summed E-state index contributed by atoms with van der Waals surface area (Å²) in [4.78, 5) is 3.67. The van der Waals surface area contributed by atoms with Gasteiger partial charge in [-0.15, -0.1) is 0 Å². The lowest BCUT2D eigenvalue weighted by atomic mass is 10.1. The Kier molecular flexibility index (Phi) is 4.94. The topological polar surface area (TPSA) is 132 Å². The predicted molar refractivity (Wildman–Crippen MR) is 57.6 cm³/mol. The number of rotatable bonds is 5. The highest BCUT2D eigenvalue weighted by Crippen LogP contribution is 2.24. The van der Waals surface area contributed by atoms with E-state index in [1.807, 2.05) is 0 Å². The number of ether oxygens (including phenoxy) is 1. The summed E-state index contributed by atoms with van der Waals surface area (Å²) in [5, 5.41) is 34.0. The van der Waals surface area contributed by atoms with Crippen LogP contribution < -0.4 is 5.73 Å². The Labute approximate surface area is 97.2 Å². The number of hydrogen-bond donors (Lipinski definition) is 5. The third kappa shape index (κ3) is 3.19. The Morgan fingerprint density at radius 1 is 1.59 bits per heavy atom. The Balaban J connectivity index is 2.63. The fraction of sp³-hybridized carbons (Fsp3) is 0.778. The van der Waals surface area contributed by atoms with E-state index < -0.39 is 43.7 Å². The van der Waals surface area contributed by atoms with Crippen LogP contribution in [-0.2, 0) is 4.74 Å². The van der Waals surface area contributed by atoms with Gasteiger partial charge in [-0.25, -0.2) is 4.39 Å². The van der Waals surface area contributed by atoms with Crippen LogP contribution in [-0.4, -0.2) is 65.2 Å². The highest BCUT2D eigenvalue weighted by Gasteiger charge is 2.43. The molecule has 6 N–H and O–H groups in total. The van der Waals surface area contributed by atoms with Gasteiger partial charge in [-0.1, -0.05) is 0 Å². The zero-order chi connectivity index (χ0) is 13.0. The largest absolute Gasteiger partial charge is 0.395 e. The van der Waals surface area contributed by atoms with Gasteiger partial charge in [0.25, 0.3) is 0 Å². The smallest absolute Gasteiger partial charge is 0.182 e. The minimum absolute atomic E-state index is 0.302. The zero-order valence-electron chi connectivity index (χ0n) is 9.03. The van der Waals surface area contributed by atoms with Crippen molar-refractivity contribution < 1.29 is 24.4 Å². The number of nitrogens with two attached hydrogens (primary N) is 1. The summed E-state index contributed by atoms with van der Waals surface area (Å²) in [6.45, 7) is -0.932. The van der Waals surface area contributed by atoms with E-state index in [1.54, 1.807) is 0 Å². The van der Waals surface area contributed by atoms with Gasteiger partial charge < -0.3 is 25.8 Å². The highest BCUT2D eigenvalue weighted by atomic mass is 19.1. The van der Waals surface area contributed by atoms with Crippen molar-refractivity contribution in [3.63, 3.8) is 0 Å². The van der Waals surface area contributed by atoms with Crippen molar-refractivity contribution in [3.05, 3.63) is 0 Å². The molecule has 98 valence electrons. The number of hydrogen-bond acceptors (Lipinski definition) is 6. The van der Waals surface area contributed by atoms with Crippen molar-refractivity contribution in [3.8, 4) is 0 Å². The number of aliphatic hydroxyl groups is 3. The Bertz CT molecular complexity index is 302. The van der Waals surface area contributed by atoms with E-state index in [1.165, 1.54) is 0 Å². The fourth-order valence-corrected chi connectivity index (χ4v) is 1.39. The van der Waals surface area contributed by atoms with Gasteiger partial charge in [0, 0.05) is 6.21 Å². The molecule has 7 nitrogen and oxygen atoms in total. The number of alkyl halides is 1. The number of nitrogens with one attached hydrogen (secondary N) is 1. The second kappa shape index (κ2) is 6.01. The van der Waals surface area contributed by atoms with Crippen molar-refractivity contribution in [2.75, 3.05) is 13.2 Å². The lowest BCUT2D eigenvalue weighted by Crippen LogP contribution is -2.31. The summed E-state index contributed by atoms with van der Waals surface area (Å²) in [5.74, 6) is -1.11. The summed E-state index contributed by atoms with van der Waals surface area (Å²) >= 11 is 0. The quantitative estimate of drug-likeness (QED) is 0.284. The SMILES string of the molecule is N=C(N)C(C=NC1OC(CO)C(O)C1F)CO. The maximum atomic E-state index is 13.4. The maximum Gasteiger partial charge on any atom is 0.182 e. The number of halogens is 1. The lowest BCUT2D eigenvalue weighted by molar-refractivity contribution is -0.0193. The molecule has 5 unspecified atom stereocenters. The second-order valence-corrected chi connectivity index (χ2v) is 3.73. The third-order valence-corrected chi connectivity index (χ3v) is 2.48. The second-order valence-electron chi connectivity index (χ2n) is 3.73. The Morgan fingerprint density at radius 3 is 2.65 bits per heavy atom. The van der Waals surface area contributed by atoms with Crippen LogP contribution in [0.1, 0.15) is 0 Å². The van der Waals surface area contributed by atoms with Crippen molar-refractivity contribution in [1.82, 2.24) is 0 Å². The summed E-state index contributed by atoms with van der Waals surface area (Å²) in [6.07, 6.45) is -4.36. The number of aliphatic hydroxyl groups excluding tert-OH is 3. The van der Waals surface area contributed by atoms with Crippen LogP contribution in [0.2, 0.25) is 0 Å². The average Bonchev–Trinajstić information content (AvgIpc) is 2.57. The molecule has 0 saturated carbocycles. The first-order valence-corrected chi connectivity index (χ1v) is 5.07. The van der Waals surface area contributed by atoms with Crippen molar-refractivity contribution in [1.29, 1.82) is 5.41 Å². The molecule has 1 rings (SSSR count). The first-order chi connectivity index (χ1) is 8.01. The van der Waals surface area contributed by atoms with E-state index in [4.69, 9.17) is 26.1 Å². The van der Waals surface area contributed by atoms with Crippen molar-refractivity contribution in [2.45, 2.75) is 24.6 Å². The molecule has 1 heterocycles. The summed E-state index contributed by atoms with van der Waals surface area (Å²) in [5.41, 5.74) is 5.16. The molecule has 8 heteroatoms. The molecule has 1 fully saturated rings. The molecular weight excluding hydrogens is 233 g/mol. The average molecular weight is 249 g/mol. The molecule has 0 amide bonds. The van der Waals surface area contributed by atoms with E-state index in [9.17, 15) is 9.50 Å². The van der Waals surface area contributed by atoms with Gasteiger partial charge >= 0.3 is 0 Å². The van der Waals surface area contributed by atoms with Gasteiger partial charge in [-0.2, -0.15) is 0 Å². The highest BCUT2D eigenvalue weighted by molar-refractivity contribution is 5.94. The van der Waals surface area contributed by atoms with Crippen LogP contribution in [0.15, 0.2) is 4.99 Å². The molecule has 1 saturated heterocycles. The van der Waals surface area contributed by atoms with E-state index >= 15 is 0 Å². The molecule has 0 aromatic rings. The molecule has 5 atom stereocenters. The molecule has 1 aliphatic heterocycles. The molecule has 0 spiro atoms. The standard InChI is InChI=1S/C9H16FN3O4/c10-6-7(16)5(3-15)17-9(6)13-1-4(2-14)8(11)12/h1,4-7,9,14-16H,2-3H2,(H3,11,12). The van der Waals surface area contributed by atoms with E-state index in [-0.39, 0.29) is 5.84 Å². The first-order valence-electron chi connectivity index (χ1n) is 5.07. The Morgan fingerprint density at radius 2 is 2.24 bits per heavy atom. The summed E-state index contributed by atoms with van der Waals surface area (Å²) in [7, 11) is 0. The van der Waals surface area contributed by atoms with Crippen LogP contribution >= 0.6 is 0 Å². The van der Waals surface area contributed by atoms with Crippen LogP contribution in [0.5, 0.6) is 0 Å². The Hall–Kier alpha value is -1.09. The number of amidine groups is 1.